The van der Waals surface area contributed by atoms with Gasteiger partial charge in [-0.3, -0.25) is 14.2 Å². The molecule has 1 fully saturated rings. The minimum Gasteiger partial charge on any atom is -0.289 e. The van der Waals surface area contributed by atoms with Gasteiger partial charge < -0.3 is 0 Å². The zero-order valence-electron chi connectivity index (χ0n) is 15.5. The van der Waals surface area contributed by atoms with Crippen LogP contribution >= 0.6 is 0 Å². The Balaban J connectivity index is 1.73. The monoisotopic (exact) mass is 358 g/mol. The fourth-order valence-electron chi connectivity index (χ4n) is 3.64. The number of carbonyl (C=O) groups excluding carboxylic acids is 1. The summed E-state index contributed by atoms with van der Waals surface area (Å²) in [4.78, 5) is 13.1. The molecule has 0 aliphatic heterocycles. The van der Waals surface area contributed by atoms with E-state index in [4.69, 9.17) is 0 Å². The van der Waals surface area contributed by atoms with Gasteiger partial charge in [0.25, 0.3) is 0 Å². The first-order chi connectivity index (χ1) is 13.1. The van der Waals surface area contributed by atoms with Gasteiger partial charge in [0.2, 0.25) is 0 Å². The molecule has 27 heavy (non-hydrogen) atoms. The van der Waals surface area contributed by atoms with E-state index in [9.17, 15) is 4.79 Å². The first-order valence-corrected chi connectivity index (χ1v) is 9.06. The van der Waals surface area contributed by atoms with Gasteiger partial charge in [0.05, 0.1) is 12.4 Å². The van der Waals surface area contributed by atoms with Crippen LogP contribution in [0.2, 0.25) is 0 Å². The summed E-state index contributed by atoms with van der Waals surface area (Å²) >= 11 is 0. The summed E-state index contributed by atoms with van der Waals surface area (Å²) in [6.07, 6.45) is 12.9. The molecule has 0 bridgehead atoms. The first-order valence-electron chi connectivity index (χ1n) is 9.06. The van der Waals surface area contributed by atoms with Gasteiger partial charge in [-0.05, 0) is 36.5 Å². The van der Waals surface area contributed by atoms with Gasteiger partial charge in [-0.15, -0.1) is 0 Å². The van der Waals surface area contributed by atoms with Crippen LogP contribution in [0.3, 0.4) is 0 Å². The minimum atomic E-state index is 0.120. The largest absolute Gasteiger partial charge is 0.289 e. The molecule has 3 aromatic rings. The van der Waals surface area contributed by atoms with E-state index in [1.54, 1.807) is 21.8 Å². The maximum Gasteiger partial charge on any atom is 0.185 e. The van der Waals surface area contributed by atoms with Crippen molar-refractivity contribution < 1.29 is 4.79 Å². The number of benzene rings is 1. The highest BCUT2D eigenvalue weighted by atomic mass is 16.1. The summed E-state index contributed by atoms with van der Waals surface area (Å²) in [5.74, 6) is 0.407. The van der Waals surface area contributed by atoms with Crippen molar-refractivity contribution in [3.05, 3.63) is 83.0 Å². The molecule has 0 atom stereocenters. The van der Waals surface area contributed by atoms with E-state index in [2.05, 4.69) is 34.5 Å². The molecule has 1 aliphatic carbocycles. The Morgan fingerprint density at radius 2 is 1.41 bits per heavy atom. The first kappa shape index (κ1) is 17.2. The van der Waals surface area contributed by atoms with Crippen LogP contribution in [0.15, 0.2) is 66.3 Å². The van der Waals surface area contributed by atoms with E-state index >= 15 is 0 Å². The van der Waals surface area contributed by atoms with Crippen molar-refractivity contribution in [3.8, 4) is 0 Å². The van der Waals surface area contributed by atoms with Crippen LogP contribution in [0.1, 0.15) is 35.4 Å². The molecule has 0 saturated heterocycles. The number of Topliss-reactive ketones (excluding diaryl/α,β-unsaturated/α-hetero) is 1. The van der Waals surface area contributed by atoms with Crippen molar-refractivity contribution in [2.75, 3.05) is 0 Å². The molecule has 0 N–H and O–H groups in total. The molecular formula is C22H22N4O. The lowest BCUT2D eigenvalue weighted by Gasteiger charge is -2.26. The molecule has 5 heteroatoms. The van der Waals surface area contributed by atoms with E-state index in [1.165, 1.54) is 5.56 Å². The maximum atomic E-state index is 13.1. The highest BCUT2D eigenvalue weighted by Crippen LogP contribution is 2.38. The summed E-state index contributed by atoms with van der Waals surface area (Å²) in [5, 5.41) is 8.42. The van der Waals surface area contributed by atoms with Gasteiger partial charge in [0.1, 0.15) is 0 Å². The van der Waals surface area contributed by atoms with Gasteiger partial charge in [-0.2, -0.15) is 10.2 Å². The molecule has 0 radical (unpaired) electrons. The third kappa shape index (κ3) is 3.82. The Hall–Kier alpha value is -3.21. The number of aromatic nitrogens is 4. The fraction of sp³-hybridized carbons (Fsp3) is 0.227. The summed E-state index contributed by atoms with van der Waals surface area (Å²) in [6, 6.07) is 10.4. The predicted molar refractivity (Wildman–Crippen MR) is 106 cm³/mol. The highest BCUT2D eigenvalue weighted by Gasteiger charge is 2.28. The van der Waals surface area contributed by atoms with Crippen molar-refractivity contribution in [1.29, 1.82) is 0 Å². The Morgan fingerprint density at radius 1 is 0.889 bits per heavy atom. The molecule has 4 rings (SSSR count). The lowest BCUT2D eigenvalue weighted by atomic mass is 9.77. The SMILES string of the molecule is Cn1cc(/C=C2\CC(c3ccccc3)C/C(=C\c3cnn(C)c3)C2=O)cn1. The van der Waals surface area contributed by atoms with Gasteiger partial charge in [0.15, 0.2) is 5.78 Å². The van der Waals surface area contributed by atoms with Crippen LogP contribution in [0.5, 0.6) is 0 Å². The Labute approximate surface area is 158 Å². The number of hydrogen-bond donors (Lipinski definition) is 0. The molecule has 1 saturated carbocycles. The summed E-state index contributed by atoms with van der Waals surface area (Å²) in [7, 11) is 3.76. The highest BCUT2D eigenvalue weighted by molar-refractivity contribution is 6.14. The quantitative estimate of drug-likeness (QED) is 0.670. The zero-order chi connectivity index (χ0) is 18.8. The number of carbonyl (C=O) groups is 1. The summed E-state index contributed by atoms with van der Waals surface area (Å²) in [6.45, 7) is 0. The molecule has 136 valence electrons. The average molecular weight is 358 g/mol. The second-order valence-corrected chi connectivity index (χ2v) is 7.08. The fourth-order valence-corrected chi connectivity index (χ4v) is 3.64. The smallest absolute Gasteiger partial charge is 0.185 e. The van der Waals surface area contributed by atoms with E-state index in [1.807, 2.05) is 44.7 Å². The number of allylic oxidation sites excluding steroid dienone is 2. The Bertz CT molecular complexity index is 961. The van der Waals surface area contributed by atoms with Gasteiger partial charge in [0, 0.05) is 48.8 Å². The van der Waals surface area contributed by atoms with Crippen molar-refractivity contribution in [2.45, 2.75) is 18.8 Å². The minimum absolute atomic E-state index is 0.120. The average Bonchev–Trinajstić information content (AvgIpc) is 3.27. The standard InChI is InChI=1S/C22H22N4O/c1-25-14-16(12-23-25)8-20-10-19(18-6-4-3-5-7-18)11-21(22(20)27)9-17-13-24-26(2)15-17/h3-9,12-15,19H,10-11H2,1-2H3/b20-8+,21-9+. The number of ketones is 1. The molecule has 1 aromatic carbocycles. The molecule has 2 aromatic heterocycles. The third-order valence-electron chi connectivity index (χ3n) is 4.92. The van der Waals surface area contributed by atoms with Crippen LogP contribution < -0.4 is 0 Å². The summed E-state index contributed by atoms with van der Waals surface area (Å²) < 4.78 is 3.50. The van der Waals surface area contributed by atoms with Crippen LogP contribution in [-0.2, 0) is 18.9 Å². The van der Waals surface area contributed by atoms with Crippen LogP contribution in [0, 0.1) is 0 Å². The van der Waals surface area contributed by atoms with Crippen molar-refractivity contribution in [3.63, 3.8) is 0 Å². The summed E-state index contributed by atoms with van der Waals surface area (Å²) in [5.41, 5.74) is 4.83. The predicted octanol–water partition coefficient (Wildman–Crippen LogP) is 3.77. The van der Waals surface area contributed by atoms with Crippen molar-refractivity contribution in [1.82, 2.24) is 19.6 Å². The molecule has 0 unspecified atom stereocenters. The van der Waals surface area contributed by atoms with Crippen LogP contribution in [-0.4, -0.2) is 25.3 Å². The lowest BCUT2D eigenvalue weighted by Crippen LogP contribution is -2.18. The molecule has 0 amide bonds. The van der Waals surface area contributed by atoms with E-state index in [-0.39, 0.29) is 11.7 Å². The molecule has 5 nitrogen and oxygen atoms in total. The van der Waals surface area contributed by atoms with Crippen LogP contribution in [0.4, 0.5) is 0 Å². The van der Waals surface area contributed by atoms with Crippen molar-refractivity contribution >= 4 is 17.9 Å². The number of aryl methyl sites for hydroxylation is 2. The van der Waals surface area contributed by atoms with E-state index < -0.39 is 0 Å². The van der Waals surface area contributed by atoms with Gasteiger partial charge in [-0.1, -0.05) is 30.3 Å². The Kier molecular flexibility index (Phi) is 4.59. The topological polar surface area (TPSA) is 52.7 Å². The molecular weight excluding hydrogens is 336 g/mol. The third-order valence-corrected chi connectivity index (χ3v) is 4.92. The molecule has 1 aliphatic rings. The van der Waals surface area contributed by atoms with E-state index in [0.29, 0.717) is 0 Å². The number of rotatable bonds is 3. The maximum absolute atomic E-state index is 13.1. The second kappa shape index (κ2) is 7.19. The molecule has 2 heterocycles. The zero-order valence-corrected chi connectivity index (χ0v) is 15.5. The van der Waals surface area contributed by atoms with E-state index in [0.717, 1.165) is 35.1 Å². The molecule has 0 spiro atoms. The normalized spacial score (nSPS) is 20.5. The lowest BCUT2D eigenvalue weighted by molar-refractivity contribution is -0.113. The second-order valence-electron chi connectivity index (χ2n) is 7.08. The van der Waals surface area contributed by atoms with Gasteiger partial charge in [-0.25, -0.2) is 0 Å². The van der Waals surface area contributed by atoms with Gasteiger partial charge >= 0.3 is 0 Å². The number of hydrogen-bond acceptors (Lipinski definition) is 3. The van der Waals surface area contributed by atoms with Crippen molar-refractivity contribution in [2.24, 2.45) is 14.1 Å². The number of nitrogens with zero attached hydrogens (tertiary/aromatic N) is 4. The van der Waals surface area contributed by atoms with Crippen LogP contribution in [0.25, 0.3) is 12.2 Å². The Morgan fingerprint density at radius 3 is 1.85 bits per heavy atom.